The molecule has 0 saturated carbocycles. The van der Waals surface area contributed by atoms with Gasteiger partial charge in [0, 0.05) is 6.20 Å². The van der Waals surface area contributed by atoms with E-state index in [-0.39, 0.29) is 17.7 Å². The minimum Gasteiger partial charge on any atom is -0.305 e. The average molecular weight is 262 g/mol. The van der Waals surface area contributed by atoms with Crippen LogP contribution in [-0.2, 0) is 0 Å². The van der Waals surface area contributed by atoms with Gasteiger partial charge in [0.25, 0.3) is 0 Å². The maximum absolute atomic E-state index is 13.9. The van der Waals surface area contributed by atoms with Gasteiger partial charge in [0.1, 0.15) is 11.6 Å². The van der Waals surface area contributed by atoms with Gasteiger partial charge in [0.15, 0.2) is 0 Å². The molecule has 100 valence electrons. The van der Waals surface area contributed by atoms with E-state index in [1.54, 1.807) is 18.3 Å². The van der Waals surface area contributed by atoms with Crippen molar-refractivity contribution < 1.29 is 8.78 Å². The van der Waals surface area contributed by atoms with Crippen LogP contribution in [-0.4, -0.2) is 11.5 Å². The second kappa shape index (κ2) is 5.89. The van der Waals surface area contributed by atoms with Crippen LogP contribution in [0.2, 0.25) is 0 Å². The van der Waals surface area contributed by atoms with Gasteiger partial charge in [-0.05, 0) is 48.9 Å². The predicted octanol–water partition coefficient (Wildman–Crippen LogP) is 3.37. The van der Waals surface area contributed by atoms with E-state index >= 15 is 0 Å². The van der Waals surface area contributed by atoms with Crippen molar-refractivity contribution in [3.05, 3.63) is 65.0 Å². The van der Waals surface area contributed by atoms with Gasteiger partial charge in [0.05, 0.1) is 11.7 Å². The molecule has 1 unspecified atom stereocenters. The Labute approximate surface area is 111 Å². The molecule has 2 nitrogen and oxygen atoms in total. The molecule has 19 heavy (non-hydrogen) atoms. The number of hydrogen-bond acceptors (Lipinski definition) is 2. The monoisotopic (exact) mass is 262 g/mol. The van der Waals surface area contributed by atoms with Gasteiger partial charge in [-0.2, -0.15) is 0 Å². The Morgan fingerprint density at radius 2 is 2.05 bits per heavy atom. The fourth-order valence-corrected chi connectivity index (χ4v) is 2.13. The highest BCUT2D eigenvalue weighted by atomic mass is 19.1. The van der Waals surface area contributed by atoms with Gasteiger partial charge in [-0.3, -0.25) is 4.98 Å². The van der Waals surface area contributed by atoms with E-state index < -0.39 is 0 Å². The summed E-state index contributed by atoms with van der Waals surface area (Å²) in [6.07, 6.45) is 1.56. The molecule has 4 heteroatoms. The van der Waals surface area contributed by atoms with Crippen LogP contribution in [0.3, 0.4) is 0 Å². The Hall–Kier alpha value is -1.81. The first kappa shape index (κ1) is 13.6. The third-order valence-electron chi connectivity index (χ3n) is 3.01. The van der Waals surface area contributed by atoms with Gasteiger partial charge in [-0.1, -0.05) is 13.0 Å². The van der Waals surface area contributed by atoms with Crippen molar-refractivity contribution >= 4 is 0 Å². The number of nitrogens with one attached hydrogen (secondary N) is 1. The molecule has 1 aromatic heterocycles. The van der Waals surface area contributed by atoms with E-state index in [4.69, 9.17) is 0 Å². The van der Waals surface area contributed by atoms with E-state index in [1.165, 1.54) is 18.2 Å². The largest absolute Gasteiger partial charge is 0.305 e. The van der Waals surface area contributed by atoms with Crippen molar-refractivity contribution in [1.82, 2.24) is 10.3 Å². The van der Waals surface area contributed by atoms with Crippen LogP contribution in [0.15, 0.2) is 36.5 Å². The summed E-state index contributed by atoms with van der Waals surface area (Å²) >= 11 is 0. The summed E-state index contributed by atoms with van der Waals surface area (Å²) in [7, 11) is 0. The third kappa shape index (κ3) is 2.96. The minimum absolute atomic E-state index is 0.294. The molecule has 2 rings (SSSR count). The molecule has 0 aliphatic carbocycles. The van der Waals surface area contributed by atoms with Crippen LogP contribution in [0.4, 0.5) is 8.78 Å². The fraction of sp³-hybridized carbons (Fsp3) is 0.267. The van der Waals surface area contributed by atoms with Gasteiger partial charge >= 0.3 is 0 Å². The predicted molar refractivity (Wildman–Crippen MR) is 70.9 cm³/mol. The van der Waals surface area contributed by atoms with Crippen LogP contribution < -0.4 is 5.32 Å². The number of halogens is 2. The molecular formula is C15H16F2N2. The van der Waals surface area contributed by atoms with Gasteiger partial charge in [-0.15, -0.1) is 0 Å². The highest BCUT2D eigenvalue weighted by molar-refractivity contribution is 5.35. The molecule has 0 amide bonds. The zero-order valence-corrected chi connectivity index (χ0v) is 11.0. The van der Waals surface area contributed by atoms with Crippen molar-refractivity contribution in [3.8, 4) is 0 Å². The van der Waals surface area contributed by atoms with Crippen LogP contribution in [0.25, 0.3) is 0 Å². The highest BCUT2D eigenvalue weighted by Gasteiger charge is 2.20. The average Bonchev–Trinajstić information content (AvgIpc) is 2.38. The summed E-state index contributed by atoms with van der Waals surface area (Å²) in [5.74, 6) is -0.657. The summed E-state index contributed by atoms with van der Waals surface area (Å²) in [5.41, 5.74) is 1.94. The van der Waals surface area contributed by atoms with Crippen LogP contribution in [0.5, 0.6) is 0 Å². The lowest BCUT2D eigenvalue weighted by Crippen LogP contribution is -2.24. The van der Waals surface area contributed by atoms with Crippen LogP contribution in [0, 0.1) is 18.6 Å². The molecule has 0 saturated heterocycles. The fourth-order valence-electron chi connectivity index (χ4n) is 2.13. The Balaban J connectivity index is 2.48. The zero-order valence-electron chi connectivity index (χ0n) is 11.0. The number of benzene rings is 1. The molecule has 0 spiro atoms. The molecule has 1 heterocycles. The standard InChI is InChI=1S/C15H16F2N2/c1-3-18-14(15-13(17)5-4-8-19-15)12-7-6-11(16)9-10(12)2/h4-9,14,18H,3H2,1-2H3. The summed E-state index contributed by atoms with van der Waals surface area (Å²) in [6, 6.07) is 7.07. The van der Waals surface area contributed by atoms with Crippen molar-refractivity contribution in [2.75, 3.05) is 6.54 Å². The quantitative estimate of drug-likeness (QED) is 0.913. The molecular weight excluding hydrogens is 246 g/mol. The molecule has 1 aromatic carbocycles. The summed E-state index contributed by atoms with van der Waals surface area (Å²) in [4.78, 5) is 4.11. The molecule has 0 aliphatic heterocycles. The number of aryl methyl sites for hydroxylation is 1. The van der Waals surface area contributed by atoms with Crippen molar-refractivity contribution in [2.45, 2.75) is 19.9 Å². The summed E-state index contributed by atoms with van der Waals surface area (Å²) in [5, 5.41) is 3.19. The molecule has 0 radical (unpaired) electrons. The second-order valence-corrected chi connectivity index (χ2v) is 4.36. The topological polar surface area (TPSA) is 24.9 Å². The smallest absolute Gasteiger partial charge is 0.146 e. The molecule has 2 aromatic rings. The molecule has 0 aliphatic rings. The molecule has 0 bridgehead atoms. The summed E-state index contributed by atoms with van der Waals surface area (Å²) in [6.45, 7) is 4.41. The first-order valence-corrected chi connectivity index (χ1v) is 6.23. The molecule has 0 fully saturated rings. The molecule has 1 N–H and O–H groups in total. The lowest BCUT2D eigenvalue weighted by molar-refractivity contribution is 0.540. The van der Waals surface area contributed by atoms with E-state index in [2.05, 4.69) is 10.3 Å². The molecule has 1 atom stereocenters. The van der Waals surface area contributed by atoms with Gasteiger partial charge in [-0.25, -0.2) is 8.78 Å². The second-order valence-electron chi connectivity index (χ2n) is 4.36. The normalized spacial score (nSPS) is 12.4. The lowest BCUT2D eigenvalue weighted by atomic mass is 9.98. The number of aromatic nitrogens is 1. The maximum atomic E-state index is 13.9. The van der Waals surface area contributed by atoms with Crippen molar-refractivity contribution in [3.63, 3.8) is 0 Å². The van der Waals surface area contributed by atoms with E-state index in [1.807, 2.05) is 13.8 Å². The zero-order chi connectivity index (χ0) is 13.8. The Bertz CT molecular complexity index is 570. The van der Waals surface area contributed by atoms with Crippen LogP contribution in [0.1, 0.15) is 29.8 Å². The van der Waals surface area contributed by atoms with Crippen LogP contribution >= 0.6 is 0 Å². The number of rotatable bonds is 4. The first-order valence-electron chi connectivity index (χ1n) is 6.23. The summed E-state index contributed by atoms with van der Waals surface area (Å²) < 4.78 is 27.1. The maximum Gasteiger partial charge on any atom is 0.146 e. The van der Waals surface area contributed by atoms with E-state index in [0.29, 0.717) is 12.2 Å². The van der Waals surface area contributed by atoms with Gasteiger partial charge < -0.3 is 5.32 Å². The third-order valence-corrected chi connectivity index (χ3v) is 3.01. The SMILES string of the molecule is CCNC(c1ccc(F)cc1C)c1ncccc1F. The number of nitrogens with zero attached hydrogens (tertiary/aromatic N) is 1. The minimum atomic E-state index is -0.369. The highest BCUT2D eigenvalue weighted by Crippen LogP contribution is 2.25. The van der Waals surface area contributed by atoms with Crippen molar-refractivity contribution in [2.24, 2.45) is 0 Å². The van der Waals surface area contributed by atoms with Gasteiger partial charge in [0.2, 0.25) is 0 Å². The lowest BCUT2D eigenvalue weighted by Gasteiger charge is -2.20. The Kier molecular flexibility index (Phi) is 4.22. The Morgan fingerprint density at radius 1 is 1.26 bits per heavy atom. The van der Waals surface area contributed by atoms with E-state index in [9.17, 15) is 8.78 Å². The Morgan fingerprint density at radius 3 is 2.68 bits per heavy atom. The number of hydrogen-bond donors (Lipinski definition) is 1. The van der Waals surface area contributed by atoms with Crippen molar-refractivity contribution in [1.29, 1.82) is 0 Å². The van der Waals surface area contributed by atoms with E-state index in [0.717, 1.165) is 11.1 Å². The first-order chi connectivity index (χ1) is 9.13. The number of pyridine rings is 1.